The van der Waals surface area contributed by atoms with Crippen molar-refractivity contribution >= 4 is 35.1 Å². The molecule has 1 N–H and O–H groups in total. The number of halogens is 2. The Morgan fingerprint density at radius 3 is 2.19 bits per heavy atom. The van der Waals surface area contributed by atoms with Crippen molar-refractivity contribution in [2.45, 2.75) is 76.2 Å². The Bertz CT molecular complexity index is 297. The third-order valence-electron chi connectivity index (χ3n) is 3.21. The summed E-state index contributed by atoms with van der Waals surface area (Å²) in [6, 6.07) is 0. The molecule has 2 atom stereocenters. The molecule has 0 fully saturated rings. The van der Waals surface area contributed by atoms with Crippen LogP contribution >= 0.6 is 23.2 Å². The Labute approximate surface area is 137 Å². The Balaban J connectivity index is 3.48. The standard InChI is InChI=1S/C15H26Cl2O4/c1-12(15(19)20)21-14(18)10-6-5-9-13(17)8-4-2-3-7-11-16/h12-13H,2-11H2,1H3,(H,19,20). The molecule has 0 heterocycles. The van der Waals surface area contributed by atoms with Crippen LogP contribution in [0.4, 0.5) is 0 Å². The zero-order chi connectivity index (χ0) is 16.1. The van der Waals surface area contributed by atoms with E-state index < -0.39 is 18.0 Å². The molecule has 0 saturated carbocycles. The monoisotopic (exact) mass is 340 g/mol. The van der Waals surface area contributed by atoms with E-state index in [1.807, 2.05) is 0 Å². The Morgan fingerprint density at radius 1 is 1.05 bits per heavy atom. The molecular weight excluding hydrogens is 315 g/mol. The van der Waals surface area contributed by atoms with Crippen molar-refractivity contribution < 1.29 is 19.4 Å². The maximum absolute atomic E-state index is 11.3. The summed E-state index contributed by atoms with van der Waals surface area (Å²) in [5, 5.41) is 8.76. The van der Waals surface area contributed by atoms with Gasteiger partial charge in [-0.1, -0.05) is 25.7 Å². The number of esters is 1. The highest BCUT2D eigenvalue weighted by Gasteiger charge is 2.15. The molecule has 21 heavy (non-hydrogen) atoms. The number of carboxylic acid groups (broad SMARTS) is 1. The lowest BCUT2D eigenvalue weighted by atomic mass is 10.1. The molecule has 0 aromatic rings. The molecule has 0 rings (SSSR count). The number of ether oxygens (including phenoxy) is 1. The van der Waals surface area contributed by atoms with Gasteiger partial charge in [-0.2, -0.15) is 0 Å². The van der Waals surface area contributed by atoms with E-state index in [9.17, 15) is 9.59 Å². The van der Waals surface area contributed by atoms with E-state index in [0.29, 0.717) is 6.42 Å². The van der Waals surface area contributed by atoms with Gasteiger partial charge in [0.15, 0.2) is 6.10 Å². The number of rotatable bonds is 13. The van der Waals surface area contributed by atoms with E-state index in [4.69, 9.17) is 33.0 Å². The van der Waals surface area contributed by atoms with E-state index in [1.165, 1.54) is 6.92 Å². The second-order valence-corrected chi connectivity index (χ2v) is 6.20. The molecule has 0 aliphatic heterocycles. The minimum Gasteiger partial charge on any atom is -0.479 e. The fourth-order valence-corrected chi connectivity index (χ4v) is 2.40. The van der Waals surface area contributed by atoms with E-state index in [1.54, 1.807) is 0 Å². The lowest BCUT2D eigenvalue weighted by Gasteiger charge is -2.10. The van der Waals surface area contributed by atoms with Gasteiger partial charge in [-0.05, 0) is 32.6 Å². The van der Waals surface area contributed by atoms with E-state index >= 15 is 0 Å². The van der Waals surface area contributed by atoms with Gasteiger partial charge in [0.05, 0.1) is 0 Å². The van der Waals surface area contributed by atoms with Crippen LogP contribution < -0.4 is 0 Å². The molecule has 124 valence electrons. The van der Waals surface area contributed by atoms with Gasteiger partial charge in [-0.15, -0.1) is 23.2 Å². The second-order valence-electron chi connectivity index (χ2n) is 5.21. The first-order chi connectivity index (χ1) is 9.97. The largest absolute Gasteiger partial charge is 0.479 e. The van der Waals surface area contributed by atoms with Gasteiger partial charge in [-0.3, -0.25) is 4.79 Å². The molecule has 0 bridgehead atoms. The summed E-state index contributed by atoms with van der Waals surface area (Å²) in [4.78, 5) is 21.9. The van der Waals surface area contributed by atoms with Crippen LogP contribution in [0, 0.1) is 0 Å². The molecule has 0 aliphatic carbocycles. The van der Waals surface area contributed by atoms with Gasteiger partial charge in [0.1, 0.15) is 0 Å². The molecule has 0 aliphatic rings. The van der Waals surface area contributed by atoms with E-state index in [-0.39, 0.29) is 11.8 Å². The van der Waals surface area contributed by atoms with Crippen molar-refractivity contribution in [3.05, 3.63) is 0 Å². The number of hydrogen-bond acceptors (Lipinski definition) is 3. The first-order valence-electron chi connectivity index (χ1n) is 7.59. The molecule has 0 spiro atoms. The van der Waals surface area contributed by atoms with Crippen LogP contribution in [-0.4, -0.2) is 34.4 Å². The van der Waals surface area contributed by atoms with Crippen molar-refractivity contribution in [1.29, 1.82) is 0 Å². The predicted octanol–water partition coefficient (Wildman–Crippen LogP) is 4.36. The Morgan fingerprint density at radius 2 is 1.62 bits per heavy atom. The highest BCUT2D eigenvalue weighted by Crippen LogP contribution is 2.17. The van der Waals surface area contributed by atoms with Crippen LogP contribution in [-0.2, 0) is 14.3 Å². The molecular formula is C15H26Cl2O4. The quantitative estimate of drug-likeness (QED) is 0.307. The van der Waals surface area contributed by atoms with Gasteiger partial charge >= 0.3 is 11.9 Å². The molecule has 2 unspecified atom stereocenters. The van der Waals surface area contributed by atoms with Crippen LogP contribution in [0.1, 0.15) is 64.7 Å². The number of unbranched alkanes of at least 4 members (excludes halogenated alkanes) is 4. The summed E-state index contributed by atoms with van der Waals surface area (Å²) >= 11 is 11.8. The molecule has 0 saturated heterocycles. The third kappa shape index (κ3) is 12.9. The molecule has 4 nitrogen and oxygen atoms in total. The van der Waals surface area contributed by atoms with Crippen LogP contribution in [0.2, 0.25) is 0 Å². The minimum atomic E-state index is -1.13. The predicted molar refractivity (Wildman–Crippen MR) is 85.1 cm³/mol. The van der Waals surface area contributed by atoms with Crippen molar-refractivity contribution in [2.24, 2.45) is 0 Å². The summed E-state index contributed by atoms with van der Waals surface area (Å²) in [5.74, 6) is -0.864. The number of alkyl halides is 2. The fourth-order valence-electron chi connectivity index (χ4n) is 1.90. The third-order valence-corrected chi connectivity index (χ3v) is 3.91. The van der Waals surface area contributed by atoms with E-state index in [2.05, 4.69) is 0 Å². The minimum absolute atomic E-state index is 0.148. The highest BCUT2D eigenvalue weighted by molar-refractivity contribution is 6.20. The lowest BCUT2D eigenvalue weighted by molar-refractivity contribution is -0.162. The fraction of sp³-hybridized carbons (Fsp3) is 0.867. The first-order valence-corrected chi connectivity index (χ1v) is 8.56. The smallest absolute Gasteiger partial charge is 0.344 e. The van der Waals surface area contributed by atoms with Crippen LogP contribution in [0.25, 0.3) is 0 Å². The van der Waals surface area contributed by atoms with Gasteiger partial charge < -0.3 is 9.84 Å². The van der Waals surface area contributed by atoms with Crippen molar-refractivity contribution in [3.63, 3.8) is 0 Å². The van der Waals surface area contributed by atoms with Crippen molar-refractivity contribution in [2.75, 3.05) is 5.88 Å². The molecule has 0 aromatic carbocycles. The van der Waals surface area contributed by atoms with Gasteiger partial charge in [0, 0.05) is 17.7 Å². The SMILES string of the molecule is CC(OC(=O)CCCCC(Cl)CCCCCCCl)C(=O)O. The second kappa shape index (κ2) is 13.2. The Kier molecular flexibility index (Phi) is 12.9. The van der Waals surface area contributed by atoms with Crippen molar-refractivity contribution in [3.8, 4) is 0 Å². The summed E-state index contributed by atoms with van der Waals surface area (Å²) in [5.41, 5.74) is 0. The van der Waals surface area contributed by atoms with Gasteiger partial charge in [0.25, 0.3) is 0 Å². The average Bonchev–Trinajstić information content (AvgIpc) is 2.43. The zero-order valence-electron chi connectivity index (χ0n) is 12.7. The maximum Gasteiger partial charge on any atom is 0.344 e. The molecule has 0 amide bonds. The summed E-state index contributed by atoms with van der Waals surface area (Å²) < 4.78 is 4.74. The van der Waals surface area contributed by atoms with Gasteiger partial charge in [0.2, 0.25) is 0 Å². The highest BCUT2D eigenvalue weighted by atomic mass is 35.5. The van der Waals surface area contributed by atoms with Crippen LogP contribution in [0.3, 0.4) is 0 Å². The number of aliphatic carboxylic acids is 1. The van der Waals surface area contributed by atoms with E-state index in [0.717, 1.165) is 50.8 Å². The van der Waals surface area contributed by atoms with Gasteiger partial charge in [-0.25, -0.2) is 4.79 Å². The first kappa shape index (κ1) is 20.5. The van der Waals surface area contributed by atoms with Crippen LogP contribution in [0.15, 0.2) is 0 Å². The summed E-state index contributed by atoms with van der Waals surface area (Å²) in [6.07, 6.45) is 7.06. The number of carbonyl (C=O) groups excluding carboxylic acids is 1. The topological polar surface area (TPSA) is 63.6 Å². The number of carbonyl (C=O) groups is 2. The lowest BCUT2D eigenvalue weighted by Crippen LogP contribution is -2.23. The normalized spacial score (nSPS) is 13.7. The Hall–Kier alpha value is -0.480. The van der Waals surface area contributed by atoms with Crippen LogP contribution in [0.5, 0.6) is 0 Å². The average molecular weight is 341 g/mol. The maximum atomic E-state index is 11.3. The molecule has 0 aromatic heterocycles. The number of carboxylic acids is 1. The molecule has 0 radical (unpaired) electrons. The molecule has 6 heteroatoms. The summed E-state index contributed by atoms with van der Waals surface area (Å²) in [6.45, 7) is 1.35. The zero-order valence-corrected chi connectivity index (χ0v) is 14.2. The van der Waals surface area contributed by atoms with Crippen molar-refractivity contribution in [1.82, 2.24) is 0 Å². The summed E-state index contributed by atoms with van der Waals surface area (Å²) in [7, 11) is 0. The number of hydrogen-bond donors (Lipinski definition) is 1.